The first kappa shape index (κ1) is 12.7. The maximum Gasteiger partial charge on any atom is 0.255 e. The average molecular weight is 273 g/mol. The third-order valence-corrected chi connectivity index (χ3v) is 3.77. The van der Waals surface area contributed by atoms with Gasteiger partial charge in [0.2, 0.25) is 0 Å². The molecule has 1 amide bonds. The van der Waals surface area contributed by atoms with Crippen molar-refractivity contribution in [3.05, 3.63) is 28.0 Å². The van der Waals surface area contributed by atoms with E-state index in [-0.39, 0.29) is 17.1 Å². The molecular weight excluding hydrogens is 259 g/mol. The zero-order valence-corrected chi connectivity index (χ0v) is 11.3. The molecule has 1 aliphatic rings. The number of pyridine rings is 1. The van der Waals surface area contributed by atoms with Crippen molar-refractivity contribution in [1.82, 2.24) is 9.88 Å². The van der Waals surface area contributed by atoms with Gasteiger partial charge in [0.1, 0.15) is 5.15 Å². The van der Waals surface area contributed by atoms with E-state index < -0.39 is 0 Å². The molecule has 1 saturated heterocycles. The van der Waals surface area contributed by atoms with Crippen LogP contribution in [0.25, 0.3) is 0 Å². The molecule has 2 rings (SSSR count). The Labute approximate surface area is 111 Å². The molecule has 2 unspecified atom stereocenters. The van der Waals surface area contributed by atoms with Gasteiger partial charge in [-0.2, -0.15) is 0 Å². The molecule has 92 valence electrons. The lowest BCUT2D eigenvalue weighted by molar-refractivity contribution is 0.0743. The number of aromatic nitrogens is 1. The summed E-state index contributed by atoms with van der Waals surface area (Å²) in [7, 11) is 0. The third kappa shape index (κ3) is 2.55. The van der Waals surface area contributed by atoms with Crippen LogP contribution in [0.4, 0.5) is 0 Å². The number of carbonyl (C=O) groups is 1. The SMILES string of the molecule is CC1CC(C)N(C(=O)c2cnc(Cl)c(Cl)c2)C1. The highest BCUT2D eigenvalue weighted by Gasteiger charge is 2.30. The number of halogens is 2. The van der Waals surface area contributed by atoms with Crippen LogP contribution >= 0.6 is 23.2 Å². The van der Waals surface area contributed by atoms with Gasteiger partial charge in [-0.15, -0.1) is 0 Å². The predicted molar refractivity (Wildman–Crippen MR) is 68.5 cm³/mol. The van der Waals surface area contributed by atoms with E-state index in [0.29, 0.717) is 16.5 Å². The monoisotopic (exact) mass is 272 g/mol. The van der Waals surface area contributed by atoms with Crippen molar-refractivity contribution >= 4 is 29.1 Å². The topological polar surface area (TPSA) is 33.2 Å². The van der Waals surface area contributed by atoms with E-state index in [1.165, 1.54) is 6.20 Å². The second-order valence-electron chi connectivity index (χ2n) is 4.64. The highest BCUT2D eigenvalue weighted by atomic mass is 35.5. The molecule has 0 spiro atoms. The number of hydrogen-bond donors (Lipinski definition) is 0. The second-order valence-corrected chi connectivity index (χ2v) is 5.41. The third-order valence-electron chi connectivity index (χ3n) is 3.09. The summed E-state index contributed by atoms with van der Waals surface area (Å²) in [6.45, 7) is 5.00. The molecule has 1 aromatic heterocycles. The van der Waals surface area contributed by atoms with Crippen LogP contribution in [-0.4, -0.2) is 28.4 Å². The van der Waals surface area contributed by atoms with Crippen LogP contribution in [0.3, 0.4) is 0 Å². The highest BCUT2D eigenvalue weighted by molar-refractivity contribution is 6.41. The Balaban J connectivity index is 2.22. The Morgan fingerprint density at radius 2 is 2.18 bits per heavy atom. The first-order valence-corrected chi connectivity index (χ1v) is 6.36. The van der Waals surface area contributed by atoms with Gasteiger partial charge in [0.05, 0.1) is 10.6 Å². The molecule has 2 heterocycles. The van der Waals surface area contributed by atoms with E-state index >= 15 is 0 Å². The van der Waals surface area contributed by atoms with Crippen molar-refractivity contribution in [3.8, 4) is 0 Å². The quantitative estimate of drug-likeness (QED) is 0.736. The minimum absolute atomic E-state index is 0.0204. The average Bonchev–Trinajstić information content (AvgIpc) is 2.61. The summed E-state index contributed by atoms with van der Waals surface area (Å²) < 4.78 is 0. The van der Waals surface area contributed by atoms with Gasteiger partial charge >= 0.3 is 0 Å². The molecular formula is C12H14Cl2N2O. The van der Waals surface area contributed by atoms with Crippen molar-refractivity contribution in [2.24, 2.45) is 5.92 Å². The Bertz CT molecular complexity index is 450. The zero-order valence-electron chi connectivity index (χ0n) is 9.78. The van der Waals surface area contributed by atoms with Crippen LogP contribution in [0.5, 0.6) is 0 Å². The Kier molecular flexibility index (Phi) is 3.59. The molecule has 0 saturated carbocycles. The molecule has 0 bridgehead atoms. The molecule has 0 aliphatic carbocycles. The van der Waals surface area contributed by atoms with Gasteiger partial charge < -0.3 is 4.90 Å². The summed E-state index contributed by atoms with van der Waals surface area (Å²) >= 11 is 11.6. The molecule has 1 aromatic rings. The van der Waals surface area contributed by atoms with Gasteiger partial charge in [-0.3, -0.25) is 4.79 Å². The van der Waals surface area contributed by atoms with Crippen LogP contribution in [0.2, 0.25) is 10.2 Å². The summed E-state index contributed by atoms with van der Waals surface area (Å²) in [6.07, 6.45) is 2.52. The van der Waals surface area contributed by atoms with E-state index in [1.54, 1.807) is 6.07 Å². The van der Waals surface area contributed by atoms with E-state index in [4.69, 9.17) is 23.2 Å². The van der Waals surface area contributed by atoms with E-state index in [2.05, 4.69) is 18.8 Å². The summed E-state index contributed by atoms with van der Waals surface area (Å²) in [6, 6.07) is 1.85. The normalized spacial score (nSPS) is 24.1. The molecule has 17 heavy (non-hydrogen) atoms. The van der Waals surface area contributed by atoms with Crippen LogP contribution in [0.1, 0.15) is 30.6 Å². The highest BCUT2D eigenvalue weighted by Crippen LogP contribution is 2.26. The van der Waals surface area contributed by atoms with Crippen molar-refractivity contribution in [1.29, 1.82) is 0 Å². The van der Waals surface area contributed by atoms with Gasteiger partial charge in [-0.25, -0.2) is 4.98 Å². The van der Waals surface area contributed by atoms with Crippen molar-refractivity contribution < 1.29 is 4.79 Å². The van der Waals surface area contributed by atoms with Crippen LogP contribution < -0.4 is 0 Å². The number of likely N-dealkylation sites (tertiary alicyclic amines) is 1. The number of hydrogen-bond acceptors (Lipinski definition) is 2. The van der Waals surface area contributed by atoms with Crippen molar-refractivity contribution in [2.75, 3.05) is 6.54 Å². The largest absolute Gasteiger partial charge is 0.336 e. The lowest BCUT2D eigenvalue weighted by atomic mass is 10.1. The molecule has 0 aromatic carbocycles. The Morgan fingerprint density at radius 1 is 1.47 bits per heavy atom. The summed E-state index contributed by atoms with van der Waals surface area (Å²) in [5, 5.41) is 0.545. The summed E-state index contributed by atoms with van der Waals surface area (Å²) in [4.78, 5) is 18.0. The van der Waals surface area contributed by atoms with Gasteiger partial charge in [-0.1, -0.05) is 30.1 Å². The van der Waals surface area contributed by atoms with Crippen LogP contribution in [0.15, 0.2) is 12.3 Å². The maximum absolute atomic E-state index is 12.3. The minimum atomic E-state index is -0.0204. The lowest BCUT2D eigenvalue weighted by Crippen LogP contribution is -2.34. The molecule has 1 fully saturated rings. The number of carbonyl (C=O) groups excluding carboxylic acids is 1. The standard InChI is InChI=1S/C12H14Cl2N2O/c1-7-3-8(2)16(6-7)12(17)9-4-10(13)11(14)15-5-9/h4-5,7-8H,3,6H2,1-2H3. The second kappa shape index (κ2) is 4.83. The molecule has 0 radical (unpaired) electrons. The Morgan fingerprint density at radius 3 is 2.71 bits per heavy atom. The van der Waals surface area contributed by atoms with Crippen LogP contribution in [-0.2, 0) is 0 Å². The molecule has 0 N–H and O–H groups in total. The van der Waals surface area contributed by atoms with Crippen LogP contribution in [0, 0.1) is 5.92 Å². The smallest absolute Gasteiger partial charge is 0.255 e. The zero-order chi connectivity index (χ0) is 12.6. The molecule has 1 aliphatic heterocycles. The first-order valence-electron chi connectivity index (χ1n) is 5.61. The van der Waals surface area contributed by atoms with E-state index in [0.717, 1.165) is 13.0 Å². The Hall–Kier alpha value is -0.800. The number of amides is 1. The summed E-state index contributed by atoms with van der Waals surface area (Å²) in [5.41, 5.74) is 0.500. The van der Waals surface area contributed by atoms with Gasteiger partial charge in [0.25, 0.3) is 5.91 Å². The molecule has 5 heteroatoms. The lowest BCUT2D eigenvalue weighted by Gasteiger charge is -2.21. The number of rotatable bonds is 1. The fraction of sp³-hybridized carbons (Fsp3) is 0.500. The fourth-order valence-electron chi connectivity index (χ4n) is 2.29. The van der Waals surface area contributed by atoms with Crippen molar-refractivity contribution in [2.45, 2.75) is 26.3 Å². The first-order chi connectivity index (χ1) is 7.99. The van der Waals surface area contributed by atoms with E-state index in [9.17, 15) is 4.79 Å². The fourth-order valence-corrected chi connectivity index (χ4v) is 2.56. The van der Waals surface area contributed by atoms with Crippen molar-refractivity contribution in [3.63, 3.8) is 0 Å². The summed E-state index contributed by atoms with van der Waals surface area (Å²) in [5.74, 6) is 0.526. The molecule has 2 atom stereocenters. The molecule has 3 nitrogen and oxygen atoms in total. The van der Waals surface area contributed by atoms with E-state index in [1.807, 2.05) is 4.90 Å². The minimum Gasteiger partial charge on any atom is -0.336 e. The predicted octanol–water partition coefficient (Wildman–Crippen LogP) is 3.26. The van der Waals surface area contributed by atoms with Gasteiger partial charge in [-0.05, 0) is 25.3 Å². The number of nitrogens with zero attached hydrogens (tertiary/aromatic N) is 2. The van der Waals surface area contributed by atoms with Gasteiger partial charge in [0, 0.05) is 18.8 Å². The van der Waals surface area contributed by atoms with Gasteiger partial charge in [0.15, 0.2) is 0 Å². The maximum atomic E-state index is 12.3.